The van der Waals surface area contributed by atoms with Gasteiger partial charge in [-0.3, -0.25) is 4.79 Å². The third-order valence-corrected chi connectivity index (χ3v) is 1.78. The lowest BCUT2D eigenvalue weighted by molar-refractivity contribution is -0.155. The molecule has 11 heavy (non-hydrogen) atoms. The van der Waals surface area contributed by atoms with E-state index in [2.05, 4.69) is 0 Å². The largest absolute Gasteiger partial charge is 0.390 e. The van der Waals surface area contributed by atoms with E-state index >= 15 is 0 Å². The quantitative estimate of drug-likeness (QED) is 0.501. The molecule has 3 unspecified atom stereocenters. The smallest absolute Gasteiger partial charge is 0.161 e. The van der Waals surface area contributed by atoms with E-state index in [1.165, 1.54) is 13.8 Å². The summed E-state index contributed by atoms with van der Waals surface area (Å²) in [5.41, 5.74) is -1.76. The highest BCUT2D eigenvalue weighted by molar-refractivity contribution is 5.81. The van der Waals surface area contributed by atoms with E-state index in [1.54, 1.807) is 0 Å². The molecule has 4 nitrogen and oxygen atoms in total. The van der Waals surface area contributed by atoms with Crippen molar-refractivity contribution in [1.82, 2.24) is 0 Å². The maximum Gasteiger partial charge on any atom is 0.161 e. The Bertz CT molecular complexity index is 151. The summed E-state index contributed by atoms with van der Waals surface area (Å²) in [4.78, 5) is 10.6. The van der Waals surface area contributed by atoms with E-state index in [9.17, 15) is 9.90 Å². The molecule has 4 heteroatoms. The van der Waals surface area contributed by atoms with Crippen LogP contribution >= 0.6 is 0 Å². The van der Waals surface area contributed by atoms with Crippen LogP contribution in [0.15, 0.2) is 0 Å². The average Bonchev–Trinajstić information content (AvgIpc) is 1.85. The van der Waals surface area contributed by atoms with Crippen molar-refractivity contribution in [1.29, 1.82) is 0 Å². The predicted molar refractivity (Wildman–Crippen MR) is 39.0 cm³/mol. The number of rotatable bonds is 3. The minimum absolute atomic E-state index is 0.559. The predicted octanol–water partition coefficient (Wildman–Crippen LogP) is -0.932. The summed E-state index contributed by atoms with van der Waals surface area (Å²) in [6.45, 7) is 3.68. The maximum atomic E-state index is 10.6. The molecule has 0 aliphatic heterocycles. The molecule has 0 bridgehead atoms. The van der Waals surface area contributed by atoms with Gasteiger partial charge in [-0.15, -0.1) is 0 Å². The van der Waals surface area contributed by atoms with Crippen LogP contribution in [0.5, 0.6) is 0 Å². The zero-order valence-electron chi connectivity index (χ0n) is 6.90. The SMILES string of the molecule is CC(=O)C(O)C(C)(O)C(C)O. The van der Waals surface area contributed by atoms with Crippen LogP contribution in [0.1, 0.15) is 20.8 Å². The molecule has 3 N–H and O–H groups in total. The van der Waals surface area contributed by atoms with E-state index < -0.39 is 23.6 Å². The second kappa shape index (κ2) is 3.30. The van der Waals surface area contributed by atoms with E-state index in [-0.39, 0.29) is 0 Å². The average molecular weight is 162 g/mol. The minimum atomic E-state index is -1.76. The maximum absolute atomic E-state index is 10.6. The summed E-state index contributed by atoms with van der Waals surface area (Å²) in [5, 5.41) is 27.3. The van der Waals surface area contributed by atoms with Crippen LogP contribution < -0.4 is 0 Å². The number of aliphatic hydroxyl groups excluding tert-OH is 2. The summed E-state index contributed by atoms with van der Waals surface area (Å²) >= 11 is 0. The molecule has 0 amide bonds. The van der Waals surface area contributed by atoms with Crippen molar-refractivity contribution in [3.05, 3.63) is 0 Å². The van der Waals surface area contributed by atoms with Crippen molar-refractivity contribution >= 4 is 5.78 Å². The highest BCUT2D eigenvalue weighted by atomic mass is 16.4. The molecule has 0 radical (unpaired) electrons. The van der Waals surface area contributed by atoms with Crippen LogP contribution in [0.4, 0.5) is 0 Å². The van der Waals surface area contributed by atoms with Gasteiger partial charge in [0, 0.05) is 0 Å². The van der Waals surface area contributed by atoms with Crippen LogP contribution in [0.2, 0.25) is 0 Å². The summed E-state index contributed by atoms with van der Waals surface area (Å²) in [6.07, 6.45) is -2.66. The third-order valence-electron chi connectivity index (χ3n) is 1.78. The second-order valence-corrected chi connectivity index (χ2v) is 2.91. The molecule has 0 aliphatic carbocycles. The van der Waals surface area contributed by atoms with Gasteiger partial charge in [0.1, 0.15) is 11.7 Å². The van der Waals surface area contributed by atoms with E-state index in [0.717, 1.165) is 6.92 Å². The first-order valence-electron chi connectivity index (χ1n) is 3.39. The van der Waals surface area contributed by atoms with Crippen LogP contribution in [0.3, 0.4) is 0 Å². The lowest BCUT2D eigenvalue weighted by Gasteiger charge is -2.29. The molecule has 0 spiro atoms. The van der Waals surface area contributed by atoms with Gasteiger partial charge < -0.3 is 15.3 Å². The number of hydrogen-bond donors (Lipinski definition) is 3. The topological polar surface area (TPSA) is 77.8 Å². The number of Topliss-reactive ketones (excluding diaryl/α,β-unsaturated/α-hetero) is 1. The van der Waals surface area contributed by atoms with Gasteiger partial charge in [0.2, 0.25) is 0 Å². The minimum Gasteiger partial charge on any atom is -0.390 e. The van der Waals surface area contributed by atoms with Crippen molar-refractivity contribution in [2.75, 3.05) is 0 Å². The lowest BCUT2D eigenvalue weighted by Crippen LogP contribution is -2.51. The molecule has 0 heterocycles. The molecule has 0 saturated carbocycles. The first-order chi connectivity index (χ1) is 4.80. The Balaban J connectivity index is 4.41. The normalized spacial score (nSPS) is 22.0. The monoisotopic (exact) mass is 162 g/mol. The van der Waals surface area contributed by atoms with Gasteiger partial charge in [0.05, 0.1) is 6.10 Å². The molecular formula is C7H14O4. The van der Waals surface area contributed by atoms with Gasteiger partial charge in [-0.2, -0.15) is 0 Å². The Morgan fingerprint density at radius 2 is 1.82 bits per heavy atom. The van der Waals surface area contributed by atoms with Crippen LogP contribution in [0, 0.1) is 0 Å². The van der Waals surface area contributed by atoms with Gasteiger partial charge in [0.15, 0.2) is 5.78 Å². The van der Waals surface area contributed by atoms with Crippen molar-refractivity contribution in [3.63, 3.8) is 0 Å². The highest BCUT2D eigenvalue weighted by Crippen LogP contribution is 2.15. The molecule has 0 fully saturated rings. The van der Waals surface area contributed by atoms with Gasteiger partial charge in [0.25, 0.3) is 0 Å². The van der Waals surface area contributed by atoms with Crippen LogP contribution in [-0.4, -0.2) is 38.9 Å². The van der Waals surface area contributed by atoms with Crippen LogP contribution in [0.25, 0.3) is 0 Å². The first-order valence-corrected chi connectivity index (χ1v) is 3.39. The van der Waals surface area contributed by atoms with E-state index in [4.69, 9.17) is 10.2 Å². The summed E-state index contributed by atoms with van der Waals surface area (Å²) in [7, 11) is 0. The van der Waals surface area contributed by atoms with Crippen LogP contribution in [-0.2, 0) is 4.79 Å². The Morgan fingerprint density at radius 1 is 1.45 bits per heavy atom. The Morgan fingerprint density at radius 3 is 1.91 bits per heavy atom. The molecule has 3 atom stereocenters. The Kier molecular flexibility index (Phi) is 3.16. The molecule has 0 aliphatic rings. The molecule has 0 rings (SSSR count). The van der Waals surface area contributed by atoms with Gasteiger partial charge in [-0.05, 0) is 20.8 Å². The lowest BCUT2D eigenvalue weighted by atomic mass is 9.91. The first kappa shape index (κ1) is 10.6. The van der Waals surface area contributed by atoms with Gasteiger partial charge in [-0.1, -0.05) is 0 Å². The summed E-state index contributed by atoms with van der Waals surface area (Å²) in [5.74, 6) is -0.559. The summed E-state index contributed by atoms with van der Waals surface area (Å²) < 4.78 is 0. The standard InChI is InChI=1S/C7H14O4/c1-4(8)6(10)7(3,11)5(2)9/h5-6,9-11H,1-3H3. The number of carbonyl (C=O) groups excluding carboxylic acids is 1. The van der Waals surface area contributed by atoms with E-state index in [0.29, 0.717) is 0 Å². The molecule has 0 saturated heterocycles. The van der Waals surface area contributed by atoms with E-state index in [1.807, 2.05) is 0 Å². The zero-order chi connectivity index (χ0) is 9.23. The number of ketones is 1. The molecule has 0 aromatic heterocycles. The molecule has 0 aromatic carbocycles. The fourth-order valence-electron chi connectivity index (χ4n) is 0.640. The van der Waals surface area contributed by atoms with Crippen molar-refractivity contribution < 1.29 is 20.1 Å². The molecule has 66 valence electrons. The summed E-state index contributed by atoms with van der Waals surface area (Å²) in [6, 6.07) is 0. The number of carbonyl (C=O) groups is 1. The van der Waals surface area contributed by atoms with Crippen molar-refractivity contribution in [3.8, 4) is 0 Å². The number of hydrogen-bond acceptors (Lipinski definition) is 4. The van der Waals surface area contributed by atoms with Gasteiger partial charge >= 0.3 is 0 Å². The number of aliphatic hydroxyl groups is 3. The van der Waals surface area contributed by atoms with Crippen molar-refractivity contribution in [2.45, 2.75) is 38.6 Å². The molecular weight excluding hydrogens is 148 g/mol. The fourth-order valence-corrected chi connectivity index (χ4v) is 0.640. The Hall–Kier alpha value is -0.450. The van der Waals surface area contributed by atoms with Crippen molar-refractivity contribution in [2.24, 2.45) is 0 Å². The molecule has 0 aromatic rings. The Labute approximate surface area is 65.5 Å². The second-order valence-electron chi connectivity index (χ2n) is 2.91. The fraction of sp³-hybridized carbons (Fsp3) is 0.857. The zero-order valence-corrected chi connectivity index (χ0v) is 6.90. The third kappa shape index (κ3) is 2.25. The van der Waals surface area contributed by atoms with Gasteiger partial charge in [-0.25, -0.2) is 0 Å². The highest BCUT2D eigenvalue weighted by Gasteiger charge is 2.37.